The topological polar surface area (TPSA) is 112 Å². The molecule has 0 fully saturated rings. The lowest BCUT2D eigenvalue weighted by Gasteiger charge is -2.09. The van der Waals surface area contributed by atoms with Crippen molar-refractivity contribution < 1.29 is 9.26 Å². The first-order valence-corrected chi connectivity index (χ1v) is 5.03. The molecule has 0 bridgehead atoms. The second-order valence-corrected chi connectivity index (χ2v) is 3.08. The van der Waals surface area contributed by atoms with Gasteiger partial charge in [-0.1, -0.05) is 5.16 Å². The Morgan fingerprint density at radius 3 is 3.00 bits per heavy atom. The molecule has 17 heavy (non-hydrogen) atoms. The number of rotatable bonds is 5. The first-order chi connectivity index (χ1) is 8.31. The van der Waals surface area contributed by atoms with E-state index in [-0.39, 0.29) is 0 Å². The van der Waals surface area contributed by atoms with Gasteiger partial charge in [0.25, 0.3) is 0 Å². The third-order valence-electron chi connectivity index (χ3n) is 1.95. The Labute approximate surface area is 97.2 Å². The quantitative estimate of drug-likeness (QED) is 0.769. The van der Waals surface area contributed by atoms with Gasteiger partial charge in [0.05, 0.1) is 13.2 Å². The molecule has 2 aromatic rings. The minimum absolute atomic E-state index is 0.359. The summed E-state index contributed by atoms with van der Waals surface area (Å²) in [7, 11) is 0. The number of hydrogen-bond donors (Lipinski definition) is 2. The summed E-state index contributed by atoms with van der Waals surface area (Å²) in [6, 6.07) is 0. The highest BCUT2D eigenvalue weighted by atomic mass is 16.5. The Morgan fingerprint density at radius 2 is 2.29 bits per heavy atom. The van der Waals surface area contributed by atoms with E-state index in [1.54, 1.807) is 0 Å². The predicted octanol–water partition coefficient (Wildman–Crippen LogP) is 0.453. The SMILES string of the molecule is CCOc1ncnc(NCc2ncon2)c1N. The first-order valence-electron chi connectivity index (χ1n) is 5.03. The van der Waals surface area contributed by atoms with E-state index in [1.807, 2.05) is 6.92 Å². The zero-order chi connectivity index (χ0) is 12.1. The van der Waals surface area contributed by atoms with Gasteiger partial charge in [0, 0.05) is 0 Å². The molecule has 2 heterocycles. The standard InChI is InChI=1S/C9H12N6O2/c1-2-16-9-7(10)8(12-4-13-9)11-3-6-14-5-17-15-6/h4-5H,2-3,10H2,1H3,(H,11,12,13). The van der Waals surface area contributed by atoms with Crippen LogP contribution in [-0.4, -0.2) is 26.7 Å². The van der Waals surface area contributed by atoms with Gasteiger partial charge in [-0.25, -0.2) is 4.98 Å². The molecule has 3 N–H and O–H groups in total. The highest BCUT2D eigenvalue weighted by molar-refractivity contribution is 5.66. The van der Waals surface area contributed by atoms with Gasteiger partial charge >= 0.3 is 0 Å². The minimum atomic E-state index is 0.359. The van der Waals surface area contributed by atoms with Gasteiger partial charge in [-0.3, -0.25) is 0 Å². The van der Waals surface area contributed by atoms with Crippen molar-refractivity contribution in [2.45, 2.75) is 13.5 Å². The molecule has 0 aliphatic heterocycles. The van der Waals surface area contributed by atoms with Crippen molar-refractivity contribution in [2.24, 2.45) is 0 Å². The lowest BCUT2D eigenvalue weighted by Crippen LogP contribution is -2.08. The van der Waals surface area contributed by atoms with Crippen LogP contribution in [0.2, 0.25) is 0 Å². The van der Waals surface area contributed by atoms with Crippen LogP contribution in [0, 0.1) is 0 Å². The number of nitrogen functional groups attached to an aromatic ring is 1. The number of anilines is 2. The van der Waals surface area contributed by atoms with Gasteiger partial charge in [-0.2, -0.15) is 9.97 Å². The monoisotopic (exact) mass is 236 g/mol. The van der Waals surface area contributed by atoms with E-state index in [2.05, 4.69) is 29.9 Å². The Morgan fingerprint density at radius 1 is 1.41 bits per heavy atom. The van der Waals surface area contributed by atoms with Gasteiger partial charge in [0.2, 0.25) is 12.3 Å². The van der Waals surface area contributed by atoms with E-state index in [9.17, 15) is 0 Å². The van der Waals surface area contributed by atoms with Crippen molar-refractivity contribution >= 4 is 11.5 Å². The third-order valence-corrected chi connectivity index (χ3v) is 1.95. The van der Waals surface area contributed by atoms with Crippen LogP contribution in [0.4, 0.5) is 11.5 Å². The second kappa shape index (κ2) is 5.10. The minimum Gasteiger partial charge on any atom is -0.476 e. The molecule has 0 saturated carbocycles. The van der Waals surface area contributed by atoms with E-state index in [0.717, 1.165) is 0 Å². The average molecular weight is 236 g/mol. The molecule has 0 aliphatic carbocycles. The average Bonchev–Trinajstić information content (AvgIpc) is 2.83. The van der Waals surface area contributed by atoms with Gasteiger partial charge in [0.1, 0.15) is 12.0 Å². The van der Waals surface area contributed by atoms with Crippen LogP contribution in [-0.2, 0) is 6.54 Å². The number of aromatic nitrogens is 4. The Kier molecular flexibility index (Phi) is 3.34. The lowest BCUT2D eigenvalue weighted by molar-refractivity contribution is 0.328. The molecule has 2 rings (SSSR count). The van der Waals surface area contributed by atoms with Gasteiger partial charge in [-0.15, -0.1) is 0 Å². The molecular weight excluding hydrogens is 224 g/mol. The molecule has 0 saturated heterocycles. The zero-order valence-corrected chi connectivity index (χ0v) is 9.25. The van der Waals surface area contributed by atoms with Crippen LogP contribution < -0.4 is 15.8 Å². The van der Waals surface area contributed by atoms with Crippen LogP contribution >= 0.6 is 0 Å². The Hall–Kier alpha value is -2.38. The fourth-order valence-electron chi connectivity index (χ4n) is 1.21. The van der Waals surface area contributed by atoms with Gasteiger partial charge < -0.3 is 20.3 Å². The van der Waals surface area contributed by atoms with E-state index in [1.165, 1.54) is 12.7 Å². The third kappa shape index (κ3) is 2.60. The highest BCUT2D eigenvalue weighted by Crippen LogP contribution is 2.24. The molecule has 0 aliphatic rings. The fourth-order valence-corrected chi connectivity index (χ4v) is 1.21. The molecule has 0 atom stereocenters. The molecule has 0 amide bonds. The number of nitrogens with one attached hydrogen (secondary N) is 1. The molecule has 90 valence electrons. The van der Waals surface area contributed by atoms with E-state index in [4.69, 9.17) is 10.5 Å². The molecule has 0 radical (unpaired) electrons. The Bertz CT molecular complexity index is 472. The molecule has 2 aromatic heterocycles. The molecular formula is C9H12N6O2. The molecule has 0 aromatic carbocycles. The highest BCUT2D eigenvalue weighted by Gasteiger charge is 2.09. The number of ether oxygens (including phenoxy) is 1. The van der Waals surface area contributed by atoms with E-state index >= 15 is 0 Å². The maximum atomic E-state index is 5.83. The summed E-state index contributed by atoms with van der Waals surface area (Å²) in [5, 5.41) is 6.63. The lowest BCUT2D eigenvalue weighted by atomic mass is 10.4. The van der Waals surface area contributed by atoms with Crippen molar-refractivity contribution in [1.82, 2.24) is 20.1 Å². The van der Waals surface area contributed by atoms with Crippen molar-refractivity contribution in [1.29, 1.82) is 0 Å². The predicted molar refractivity (Wildman–Crippen MR) is 59.2 cm³/mol. The number of hydrogen-bond acceptors (Lipinski definition) is 8. The summed E-state index contributed by atoms with van der Waals surface area (Å²) in [4.78, 5) is 11.8. The van der Waals surface area contributed by atoms with Crippen molar-refractivity contribution in [3.63, 3.8) is 0 Å². The van der Waals surface area contributed by atoms with Crippen molar-refractivity contribution in [3.05, 3.63) is 18.5 Å². The maximum Gasteiger partial charge on any atom is 0.242 e. The first kappa shape index (κ1) is 11.1. The van der Waals surface area contributed by atoms with E-state index < -0.39 is 0 Å². The normalized spacial score (nSPS) is 10.2. The largest absolute Gasteiger partial charge is 0.476 e. The summed E-state index contributed by atoms with van der Waals surface area (Å²) < 4.78 is 9.85. The maximum absolute atomic E-state index is 5.83. The smallest absolute Gasteiger partial charge is 0.242 e. The summed E-state index contributed by atoms with van der Waals surface area (Å²) in [6.07, 6.45) is 2.63. The van der Waals surface area contributed by atoms with Crippen LogP contribution in [0.5, 0.6) is 5.88 Å². The number of nitrogens with two attached hydrogens (primary N) is 1. The van der Waals surface area contributed by atoms with E-state index in [0.29, 0.717) is 36.4 Å². The van der Waals surface area contributed by atoms with Crippen molar-refractivity contribution in [3.8, 4) is 5.88 Å². The summed E-state index contributed by atoms with van der Waals surface area (Å²) in [6.45, 7) is 2.71. The van der Waals surface area contributed by atoms with Crippen molar-refractivity contribution in [2.75, 3.05) is 17.7 Å². The fraction of sp³-hybridized carbons (Fsp3) is 0.333. The van der Waals surface area contributed by atoms with Crippen LogP contribution in [0.15, 0.2) is 17.2 Å². The van der Waals surface area contributed by atoms with Crippen LogP contribution in [0.3, 0.4) is 0 Å². The molecule has 8 heteroatoms. The van der Waals surface area contributed by atoms with Crippen LogP contribution in [0.25, 0.3) is 0 Å². The molecule has 8 nitrogen and oxygen atoms in total. The summed E-state index contributed by atoms with van der Waals surface area (Å²) in [5.74, 6) is 1.35. The summed E-state index contributed by atoms with van der Waals surface area (Å²) >= 11 is 0. The van der Waals surface area contributed by atoms with Gasteiger partial charge in [0.15, 0.2) is 11.6 Å². The van der Waals surface area contributed by atoms with Crippen LogP contribution in [0.1, 0.15) is 12.7 Å². The van der Waals surface area contributed by atoms with Gasteiger partial charge in [-0.05, 0) is 6.92 Å². The summed E-state index contributed by atoms with van der Waals surface area (Å²) in [5.41, 5.74) is 6.19. The number of nitrogens with zero attached hydrogens (tertiary/aromatic N) is 4. The second-order valence-electron chi connectivity index (χ2n) is 3.08. The Balaban J connectivity index is 2.07. The molecule has 0 spiro atoms. The zero-order valence-electron chi connectivity index (χ0n) is 9.25. The molecule has 0 unspecified atom stereocenters.